The molecule has 0 N–H and O–H groups in total. The highest BCUT2D eigenvalue weighted by Gasteiger charge is 2.26. The third-order valence-electron chi connectivity index (χ3n) is 3.14. The number of oxazole rings is 1. The minimum Gasteiger partial charge on any atom is -0.440 e. The molecule has 0 saturated heterocycles. The molecule has 2 aromatic heterocycles. The van der Waals surface area contributed by atoms with Crippen molar-refractivity contribution in [3.8, 4) is 0 Å². The Morgan fingerprint density at radius 3 is 3.05 bits per heavy atom. The third-order valence-corrected chi connectivity index (χ3v) is 4.09. The van der Waals surface area contributed by atoms with E-state index < -0.39 is 0 Å². The topological polar surface area (TPSA) is 56.7 Å². The Balaban J connectivity index is 1.53. The molecule has 0 spiro atoms. The fourth-order valence-electron chi connectivity index (χ4n) is 2.05. The first-order valence-electron chi connectivity index (χ1n) is 6.27. The number of para-hydroxylation sites is 2. The summed E-state index contributed by atoms with van der Waals surface area (Å²) in [6, 6.07) is 8.41. The van der Waals surface area contributed by atoms with Crippen LogP contribution < -0.4 is 0 Å². The lowest BCUT2D eigenvalue weighted by Gasteiger charge is -2.01. The molecule has 0 aliphatic heterocycles. The summed E-state index contributed by atoms with van der Waals surface area (Å²) in [5, 5.41) is 9.08. The van der Waals surface area contributed by atoms with Crippen LogP contribution in [0.4, 0.5) is 0 Å². The van der Waals surface area contributed by atoms with Gasteiger partial charge in [-0.25, -0.2) is 4.98 Å². The van der Waals surface area contributed by atoms with Gasteiger partial charge in [-0.05, 0) is 25.0 Å². The van der Waals surface area contributed by atoms with Gasteiger partial charge in [-0.15, -0.1) is 10.2 Å². The molecule has 1 aliphatic rings. The van der Waals surface area contributed by atoms with Gasteiger partial charge in [-0.2, -0.15) is 0 Å². The molecule has 5 nitrogen and oxygen atoms in total. The van der Waals surface area contributed by atoms with Gasteiger partial charge in [0.1, 0.15) is 11.8 Å². The van der Waals surface area contributed by atoms with Crippen molar-refractivity contribution in [2.45, 2.75) is 29.8 Å². The highest BCUT2D eigenvalue weighted by molar-refractivity contribution is 7.98. The molecule has 1 aromatic carbocycles. The zero-order valence-electron chi connectivity index (χ0n) is 10.2. The molecule has 0 bridgehead atoms. The van der Waals surface area contributed by atoms with E-state index in [9.17, 15) is 0 Å². The highest BCUT2D eigenvalue weighted by Crippen LogP contribution is 2.37. The lowest BCUT2D eigenvalue weighted by atomic mass is 10.3. The average molecular weight is 272 g/mol. The van der Waals surface area contributed by atoms with E-state index in [2.05, 4.69) is 19.7 Å². The normalized spacial score (nSPS) is 15.2. The first-order chi connectivity index (χ1) is 9.40. The van der Waals surface area contributed by atoms with E-state index >= 15 is 0 Å². The van der Waals surface area contributed by atoms with Crippen molar-refractivity contribution in [3.63, 3.8) is 0 Å². The van der Waals surface area contributed by atoms with Gasteiger partial charge in [-0.1, -0.05) is 23.9 Å². The van der Waals surface area contributed by atoms with Gasteiger partial charge in [0.2, 0.25) is 5.89 Å². The lowest BCUT2D eigenvalue weighted by Crippen LogP contribution is -1.94. The molecular formula is C13H12N4OS. The maximum Gasteiger partial charge on any atom is 0.205 e. The van der Waals surface area contributed by atoms with Crippen molar-refractivity contribution in [1.29, 1.82) is 0 Å². The van der Waals surface area contributed by atoms with E-state index in [1.54, 1.807) is 11.8 Å². The van der Waals surface area contributed by atoms with Crippen molar-refractivity contribution in [1.82, 2.24) is 19.7 Å². The summed E-state index contributed by atoms with van der Waals surface area (Å²) in [6.07, 6.45) is 4.27. The second-order valence-corrected chi connectivity index (χ2v) is 5.56. The molecule has 19 heavy (non-hydrogen) atoms. The molecule has 2 heterocycles. The molecule has 0 unspecified atom stereocenters. The molecule has 1 saturated carbocycles. The van der Waals surface area contributed by atoms with E-state index in [0.717, 1.165) is 22.1 Å². The average Bonchev–Trinajstić information content (AvgIpc) is 3.03. The fourth-order valence-corrected chi connectivity index (χ4v) is 2.87. The quantitative estimate of drug-likeness (QED) is 0.683. The van der Waals surface area contributed by atoms with Gasteiger partial charge in [0, 0.05) is 6.04 Å². The zero-order chi connectivity index (χ0) is 12.7. The number of thioether (sulfide) groups is 1. The SMILES string of the molecule is c1ccc2oc(CSc3nncn3C3CC3)nc2c1. The highest BCUT2D eigenvalue weighted by atomic mass is 32.2. The Labute approximate surface area is 114 Å². The van der Waals surface area contributed by atoms with Gasteiger partial charge in [0.25, 0.3) is 0 Å². The fraction of sp³-hybridized carbons (Fsp3) is 0.308. The van der Waals surface area contributed by atoms with Crippen LogP contribution in [0.1, 0.15) is 24.8 Å². The molecule has 96 valence electrons. The number of hydrogen-bond donors (Lipinski definition) is 0. The molecule has 1 aliphatic carbocycles. The number of rotatable bonds is 4. The molecular weight excluding hydrogens is 260 g/mol. The van der Waals surface area contributed by atoms with Crippen LogP contribution in [0.25, 0.3) is 11.1 Å². The molecule has 0 radical (unpaired) electrons. The third kappa shape index (κ3) is 2.12. The lowest BCUT2D eigenvalue weighted by molar-refractivity contribution is 0.555. The van der Waals surface area contributed by atoms with E-state index in [1.165, 1.54) is 12.8 Å². The Morgan fingerprint density at radius 1 is 1.32 bits per heavy atom. The minimum absolute atomic E-state index is 0.598. The van der Waals surface area contributed by atoms with Crippen molar-refractivity contribution in [2.24, 2.45) is 0 Å². The van der Waals surface area contributed by atoms with Crippen molar-refractivity contribution >= 4 is 22.9 Å². The standard InChI is InChI=1S/C13H12N4OS/c1-2-4-11-10(3-1)15-12(18-11)7-19-13-16-14-8-17(13)9-5-6-9/h1-4,8-9H,5-7H2. The van der Waals surface area contributed by atoms with Gasteiger partial charge in [0.15, 0.2) is 10.7 Å². The number of benzene rings is 1. The minimum atomic E-state index is 0.598. The van der Waals surface area contributed by atoms with E-state index in [0.29, 0.717) is 11.8 Å². The summed E-state index contributed by atoms with van der Waals surface area (Å²) < 4.78 is 7.84. The van der Waals surface area contributed by atoms with E-state index in [1.807, 2.05) is 30.6 Å². The summed E-state index contributed by atoms with van der Waals surface area (Å²) in [6.45, 7) is 0. The van der Waals surface area contributed by atoms with Crippen LogP contribution in [0.15, 0.2) is 40.2 Å². The van der Waals surface area contributed by atoms with E-state index in [-0.39, 0.29) is 0 Å². The maximum atomic E-state index is 5.69. The first kappa shape index (κ1) is 11.0. The summed E-state index contributed by atoms with van der Waals surface area (Å²) >= 11 is 1.62. The molecule has 4 rings (SSSR count). The molecule has 0 atom stereocenters. The first-order valence-corrected chi connectivity index (χ1v) is 7.25. The summed E-state index contributed by atoms with van der Waals surface area (Å²) in [4.78, 5) is 4.46. The summed E-state index contributed by atoms with van der Waals surface area (Å²) in [5.41, 5.74) is 1.74. The Hall–Kier alpha value is -1.82. The van der Waals surface area contributed by atoms with Crippen molar-refractivity contribution in [3.05, 3.63) is 36.5 Å². The van der Waals surface area contributed by atoms with Gasteiger partial charge in [-0.3, -0.25) is 0 Å². The molecule has 3 aromatic rings. The Kier molecular flexibility index (Phi) is 2.55. The second-order valence-electron chi connectivity index (χ2n) is 4.62. The van der Waals surface area contributed by atoms with Gasteiger partial charge >= 0.3 is 0 Å². The largest absolute Gasteiger partial charge is 0.440 e. The zero-order valence-corrected chi connectivity index (χ0v) is 11.0. The number of hydrogen-bond acceptors (Lipinski definition) is 5. The summed E-state index contributed by atoms with van der Waals surface area (Å²) in [5.74, 6) is 1.41. The molecule has 6 heteroatoms. The molecule has 0 amide bonds. The van der Waals surface area contributed by atoms with Crippen LogP contribution in [0.3, 0.4) is 0 Å². The monoisotopic (exact) mass is 272 g/mol. The molecule has 1 fully saturated rings. The second kappa shape index (κ2) is 4.38. The predicted molar refractivity (Wildman–Crippen MR) is 71.9 cm³/mol. The smallest absolute Gasteiger partial charge is 0.205 e. The van der Waals surface area contributed by atoms with Crippen LogP contribution in [-0.2, 0) is 5.75 Å². The number of fused-ring (bicyclic) bond motifs is 1. The van der Waals surface area contributed by atoms with Gasteiger partial charge in [0.05, 0.1) is 5.75 Å². The van der Waals surface area contributed by atoms with Gasteiger partial charge < -0.3 is 8.98 Å². The van der Waals surface area contributed by atoms with Crippen LogP contribution in [-0.4, -0.2) is 19.7 Å². The Morgan fingerprint density at radius 2 is 2.21 bits per heavy atom. The van der Waals surface area contributed by atoms with E-state index in [4.69, 9.17) is 4.42 Å². The number of nitrogens with zero attached hydrogens (tertiary/aromatic N) is 4. The maximum absolute atomic E-state index is 5.69. The predicted octanol–water partition coefficient (Wildman–Crippen LogP) is 3.05. The summed E-state index contributed by atoms with van der Waals surface area (Å²) in [7, 11) is 0. The van der Waals surface area contributed by atoms with Crippen molar-refractivity contribution in [2.75, 3.05) is 0 Å². The van der Waals surface area contributed by atoms with Crippen LogP contribution in [0.5, 0.6) is 0 Å². The number of aromatic nitrogens is 4. The Bertz CT molecular complexity index is 683. The van der Waals surface area contributed by atoms with Crippen LogP contribution in [0, 0.1) is 0 Å². The van der Waals surface area contributed by atoms with Crippen LogP contribution >= 0.6 is 11.8 Å². The van der Waals surface area contributed by atoms with Crippen LogP contribution in [0.2, 0.25) is 0 Å². The van der Waals surface area contributed by atoms with Crippen molar-refractivity contribution < 1.29 is 4.42 Å².